The van der Waals surface area contributed by atoms with Gasteiger partial charge in [0, 0.05) is 18.0 Å². The quantitative estimate of drug-likeness (QED) is 0.204. The van der Waals surface area contributed by atoms with Gasteiger partial charge in [-0.1, -0.05) is 25.1 Å². The Bertz CT molecular complexity index is 1430. The fourth-order valence-corrected chi connectivity index (χ4v) is 4.61. The standard InChI is InChI=1S/C25H26N4O6S2/c1-4-37(31,32)25-28-24(36-29-25)27-23(30)19(16-26)14-18-9-10-21(22(15-18)33-3)35-12-6-11-34-20-8-5-7-17(2)13-20/h5,7-10,13-15H,4,6,11-12H2,1-3H3,(H,27,28,29,30)/b19-14-. The van der Waals surface area contributed by atoms with Crippen LogP contribution in [0.2, 0.25) is 0 Å². The van der Waals surface area contributed by atoms with Gasteiger partial charge in [0.15, 0.2) is 11.5 Å². The molecular formula is C25H26N4O6S2. The molecule has 1 heterocycles. The van der Waals surface area contributed by atoms with Crippen LogP contribution in [0.3, 0.4) is 0 Å². The zero-order valence-corrected chi connectivity index (χ0v) is 22.2. The predicted octanol–water partition coefficient (Wildman–Crippen LogP) is 4.04. The van der Waals surface area contributed by atoms with Gasteiger partial charge in [0.1, 0.15) is 17.4 Å². The van der Waals surface area contributed by atoms with Crippen molar-refractivity contribution in [1.82, 2.24) is 9.36 Å². The van der Waals surface area contributed by atoms with E-state index in [4.69, 9.17) is 14.2 Å². The van der Waals surface area contributed by atoms with Crippen LogP contribution in [0.5, 0.6) is 17.2 Å². The highest BCUT2D eigenvalue weighted by molar-refractivity contribution is 7.91. The lowest BCUT2D eigenvalue weighted by molar-refractivity contribution is -0.112. The van der Waals surface area contributed by atoms with Gasteiger partial charge in [-0.25, -0.2) is 8.42 Å². The van der Waals surface area contributed by atoms with Gasteiger partial charge < -0.3 is 14.2 Å². The summed E-state index contributed by atoms with van der Waals surface area (Å²) in [6, 6.07) is 14.7. The van der Waals surface area contributed by atoms with Gasteiger partial charge in [-0.05, 0) is 48.4 Å². The second-order valence-electron chi connectivity index (χ2n) is 7.69. The first-order chi connectivity index (χ1) is 17.7. The van der Waals surface area contributed by atoms with E-state index in [1.165, 1.54) is 20.1 Å². The highest BCUT2D eigenvalue weighted by Crippen LogP contribution is 2.29. The normalized spacial score (nSPS) is 11.5. The summed E-state index contributed by atoms with van der Waals surface area (Å²) in [5.74, 6) is 0.848. The van der Waals surface area contributed by atoms with Crippen LogP contribution in [0.4, 0.5) is 5.13 Å². The maximum atomic E-state index is 12.5. The summed E-state index contributed by atoms with van der Waals surface area (Å²) in [6.07, 6.45) is 2.03. The number of anilines is 1. The van der Waals surface area contributed by atoms with Crippen LogP contribution < -0.4 is 19.5 Å². The van der Waals surface area contributed by atoms with Crippen LogP contribution >= 0.6 is 11.5 Å². The topological polar surface area (TPSA) is 140 Å². The van der Waals surface area contributed by atoms with Crippen molar-refractivity contribution in [3.8, 4) is 23.3 Å². The molecule has 0 saturated heterocycles. The van der Waals surface area contributed by atoms with Crippen molar-refractivity contribution >= 4 is 38.5 Å². The highest BCUT2D eigenvalue weighted by Gasteiger charge is 2.20. The molecule has 0 radical (unpaired) electrons. The van der Waals surface area contributed by atoms with Crippen LogP contribution in [-0.2, 0) is 14.6 Å². The predicted molar refractivity (Wildman–Crippen MR) is 140 cm³/mol. The number of nitrogens with one attached hydrogen (secondary N) is 1. The van der Waals surface area contributed by atoms with Crippen LogP contribution in [0.15, 0.2) is 53.2 Å². The van der Waals surface area contributed by atoms with Crippen LogP contribution in [-0.4, -0.2) is 49.8 Å². The van der Waals surface area contributed by atoms with Crippen molar-refractivity contribution in [2.24, 2.45) is 0 Å². The Labute approximate surface area is 219 Å². The molecule has 0 saturated carbocycles. The lowest BCUT2D eigenvalue weighted by Crippen LogP contribution is -2.13. The molecule has 37 heavy (non-hydrogen) atoms. The number of rotatable bonds is 12. The molecule has 0 unspecified atom stereocenters. The van der Waals surface area contributed by atoms with E-state index < -0.39 is 15.7 Å². The van der Waals surface area contributed by atoms with Gasteiger partial charge >= 0.3 is 0 Å². The summed E-state index contributed by atoms with van der Waals surface area (Å²) in [5.41, 5.74) is 1.45. The Kier molecular flexibility index (Phi) is 9.59. The summed E-state index contributed by atoms with van der Waals surface area (Å²) in [5, 5.41) is 11.5. The third-order valence-electron chi connectivity index (χ3n) is 4.95. The van der Waals surface area contributed by atoms with E-state index in [2.05, 4.69) is 14.7 Å². The monoisotopic (exact) mass is 542 g/mol. The van der Waals surface area contributed by atoms with Gasteiger partial charge in [-0.3, -0.25) is 10.1 Å². The molecule has 0 aliphatic rings. The number of benzene rings is 2. The lowest BCUT2D eigenvalue weighted by Gasteiger charge is -2.12. The number of methoxy groups -OCH3 is 1. The SMILES string of the molecule is CCS(=O)(=O)c1nsc(NC(=O)/C(C#N)=C\c2ccc(OCCCOc3cccc(C)c3)c(OC)c2)n1. The largest absolute Gasteiger partial charge is 0.493 e. The Hall–Kier alpha value is -3.95. The molecule has 2 aromatic carbocycles. The van der Waals surface area contributed by atoms with E-state index >= 15 is 0 Å². The highest BCUT2D eigenvalue weighted by atomic mass is 32.2. The number of ether oxygens (including phenoxy) is 3. The number of hydrogen-bond acceptors (Lipinski definition) is 10. The Balaban J connectivity index is 1.60. The summed E-state index contributed by atoms with van der Waals surface area (Å²) in [7, 11) is -2.11. The summed E-state index contributed by atoms with van der Waals surface area (Å²) >= 11 is 0.718. The molecule has 0 aliphatic heterocycles. The molecule has 0 fully saturated rings. The molecule has 1 aromatic heterocycles. The summed E-state index contributed by atoms with van der Waals surface area (Å²) in [6.45, 7) is 4.37. The van der Waals surface area contributed by atoms with E-state index in [0.29, 0.717) is 36.7 Å². The Morgan fingerprint density at radius 3 is 2.65 bits per heavy atom. The molecule has 0 aliphatic carbocycles. The van der Waals surface area contributed by atoms with Gasteiger partial charge in [0.2, 0.25) is 15.0 Å². The molecule has 0 atom stereocenters. The lowest BCUT2D eigenvalue weighted by atomic mass is 10.1. The number of aryl methyl sites for hydroxylation is 1. The van der Waals surface area contributed by atoms with E-state index in [9.17, 15) is 18.5 Å². The molecule has 0 bridgehead atoms. The second-order valence-corrected chi connectivity index (χ2v) is 10.6. The average Bonchev–Trinajstić information content (AvgIpc) is 3.37. The maximum absolute atomic E-state index is 12.5. The number of carbonyl (C=O) groups is 1. The first kappa shape index (κ1) is 27.6. The van der Waals surface area contributed by atoms with Crippen molar-refractivity contribution in [2.45, 2.75) is 25.4 Å². The van der Waals surface area contributed by atoms with Crippen molar-refractivity contribution < 1.29 is 27.4 Å². The third-order valence-corrected chi connectivity index (χ3v) is 7.20. The van der Waals surface area contributed by atoms with Gasteiger partial charge in [-0.2, -0.15) is 14.6 Å². The van der Waals surface area contributed by atoms with E-state index in [-0.39, 0.29) is 21.6 Å². The van der Waals surface area contributed by atoms with Gasteiger partial charge in [-0.15, -0.1) is 0 Å². The zero-order valence-electron chi connectivity index (χ0n) is 20.6. The average molecular weight is 543 g/mol. The number of carbonyl (C=O) groups excluding carboxylic acids is 1. The number of amides is 1. The zero-order chi connectivity index (χ0) is 26.8. The number of nitriles is 1. The van der Waals surface area contributed by atoms with Crippen LogP contribution in [0.1, 0.15) is 24.5 Å². The van der Waals surface area contributed by atoms with Gasteiger partial charge in [0.05, 0.1) is 26.1 Å². The van der Waals surface area contributed by atoms with Gasteiger partial charge in [0.25, 0.3) is 11.1 Å². The Morgan fingerprint density at radius 2 is 1.95 bits per heavy atom. The van der Waals surface area contributed by atoms with Crippen molar-refractivity contribution in [2.75, 3.05) is 31.4 Å². The van der Waals surface area contributed by atoms with Crippen LogP contribution in [0.25, 0.3) is 6.08 Å². The number of aromatic nitrogens is 2. The third kappa shape index (κ3) is 7.77. The van der Waals surface area contributed by atoms with Crippen LogP contribution in [0, 0.1) is 18.3 Å². The van der Waals surface area contributed by atoms with E-state index in [1.807, 2.05) is 37.3 Å². The van der Waals surface area contributed by atoms with E-state index in [0.717, 1.165) is 22.8 Å². The minimum Gasteiger partial charge on any atom is -0.493 e. The number of nitrogens with zero attached hydrogens (tertiary/aromatic N) is 3. The molecule has 0 spiro atoms. The molecule has 194 valence electrons. The fraction of sp³-hybridized carbons (Fsp3) is 0.280. The smallest absolute Gasteiger partial charge is 0.268 e. The molecule has 10 nitrogen and oxygen atoms in total. The molecule has 3 rings (SSSR count). The fourth-order valence-electron chi connectivity index (χ4n) is 3.03. The number of hydrogen-bond donors (Lipinski definition) is 1. The van der Waals surface area contributed by atoms with Crippen molar-refractivity contribution in [1.29, 1.82) is 5.26 Å². The maximum Gasteiger partial charge on any atom is 0.268 e. The molecule has 3 aromatic rings. The molecular weight excluding hydrogens is 516 g/mol. The van der Waals surface area contributed by atoms with E-state index in [1.54, 1.807) is 18.2 Å². The minimum absolute atomic E-state index is 0.0223. The second kappa shape index (κ2) is 12.8. The first-order valence-corrected chi connectivity index (χ1v) is 13.7. The first-order valence-electron chi connectivity index (χ1n) is 11.3. The van der Waals surface area contributed by atoms with Crippen molar-refractivity contribution in [3.63, 3.8) is 0 Å². The molecule has 1 amide bonds. The summed E-state index contributed by atoms with van der Waals surface area (Å²) < 4.78 is 44.4. The molecule has 1 N–H and O–H groups in total. The molecule has 12 heteroatoms. The number of sulfone groups is 1. The van der Waals surface area contributed by atoms with Crippen molar-refractivity contribution in [3.05, 3.63) is 59.2 Å². The Morgan fingerprint density at radius 1 is 1.16 bits per heavy atom. The minimum atomic E-state index is -3.60. The summed E-state index contributed by atoms with van der Waals surface area (Å²) in [4.78, 5) is 16.4.